The van der Waals surface area contributed by atoms with Gasteiger partial charge >= 0.3 is 5.97 Å². The van der Waals surface area contributed by atoms with Crippen molar-refractivity contribution in [2.24, 2.45) is 0 Å². The van der Waals surface area contributed by atoms with Crippen LogP contribution in [0.15, 0.2) is 24.3 Å². The summed E-state index contributed by atoms with van der Waals surface area (Å²) < 4.78 is 5.30. The highest BCUT2D eigenvalue weighted by Crippen LogP contribution is 2.22. The Morgan fingerprint density at radius 1 is 1.18 bits per heavy atom. The number of hydrogen-bond acceptors (Lipinski definition) is 5. The van der Waals surface area contributed by atoms with Gasteiger partial charge in [0.05, 0.1) is 17.7 Å². The minimum absolute atomic E-state index is 0.0578. The molecule has 2 amide bonds. The molecule has 0 saturated carbocycles. The molecule has 1 heterocycles. The average molecular weight is 304 g/mol. The van der Waals surface area contributed by atoms with Gasteiger partial charge in [-0.05, 0) is 40.0 Å². The average Bonchev–Trinajstić information content (AvgIpc) is 2.67. The van der Waals surface area contributed by atoms with Gasteiger partial charge in [0.15, 0.2) is 0 Å². The zero-order chi connectivity index (χ0) is 16.5. The molecule has 1 atom stereocenters. The van der Waals surface area contributed by atoms with Gasteiger partial charge in [0.25, 0.3) is 11.8 Å². The van der Waals surface area contributed by atoms with Crippen molar-refractivity contribution in [2.45, 2.75) is 32.4 Å². The van der Waals surface area contributed by atoms with Gasteiger partial charge in [0.2, 0.25) is 0 Å². The van der Waals surface area contributed by atoms with Gasteiger partial charge in [0, 0.05) is 0 Å². The number of benzene rings is 1. The van der Waals surface area contributed by atoms with Crippen molar-refractivity contribution in [3.63, 3.8) is 0 Å². The van der Waals surface area contributed by atoms with Gasteiger partial charge in [-0.25, -0.2) is 0 Å². The predicted molar refractivity (Wildman–Crippen MR) is 80.5 cm³/mol. The van der Waals surface area contributed by atoms with E-state index < -0.39 is 17.6 Å². The van der Waals surface area contributed by atoms with E-state index in [-0.39, 0.29) is 18.4 Å². The van der Waals surface area contributed by atoms with Crippen LogP contribution in [0.3, 0.4) is 0 Å². The molecule has 22 heavy (non-hydrogen) atoms. The fraction of sp³-hybridized carbons (Fsp3) is 0.438. The van der Waals surface area contributed by atoms with Gasteiger partial charge < -0.3 is 10.1 Å². The number of nitrogens with one attached hydrogen (secondary N) is 1. The Kier molecular flexibility index (Phi) is 4.32. The first kappa shape index (κ1) is 16.2. The van der Waals surface area contributed by atoms with E-state index in [1.54, 1.807) is 52.1 Å². The number of esters is 1. The Morgan fingerprint density at radius 3 is 2.09 bits per heavy atom. The Hall–Kier alpha value is -2.21. The van der Waals surface area contributed by atoms with Crippen LogP contribution >= 0.6 is 0 Å². The third kappa shape index (κ3) is 3.17. The van der Waals surface area contributed by atoms with Crippen molar-refractivity contribution < 1.29 is 19.1 Å². The van der Waals surface area contributed by atoms with Crippen molar-refractivity contribution in [1.82, 2.24) is 10.2 Å². The Bertz CT molecular complexity index is 584. The van der Waals surface area contributed by atoms with Crippen LogP contribution in [-0.2, 0) is 9.53 Å². The van der Waals surface area contributed by atoms with Gasteiger partial charge in [-0.3, -0.25) is 19.3 Å². The van der Waals surface area contributed by atoms with Crippen LogP contribution < -0.4 is 5.32 Å². The first-order valence-electron chi connectivity index (χ1n) is 7.10. The zero-order valence-electron chi connectivity index (χ0n) is 13.2. The van der Waals surface area contributed by atoms with Crippen LogP contribution in [0.1, 0.15) is 41.5 Å². The first-order valence-corrected chi connectivity index (χ1v) is 7.10. The maximum Gasteiger partial charge on any atom is 0.325 e. The monoisotopic (exact) mass is 304 g/mol. The molecule has 1 N–H and O–H groups in total. The minimum atomic E-state index is -0.763. The van der Waals surface area contributed by atoms with Crippen LogP contribution in [0.25, 0.3) is 0 Å². The molecule has 6 heteroatoms. The van der Waals surface area contributed by atoms with Crippen molar-refractivity contribution in [1.29, 1.82) is 0 Å². The van der Waals surface area contributed by atoms with Crippen molar-refractivity contribution >= 4 is 17.8 Å². The van der Waals surface area contributed by atoms with Crippen LogP contribution in [0.5, 0.6) is 0 Å². The van der Waals surface area contributed by atoms with Crippen molar-refractivity contribution in [2.75, 3.05) is 13.6 Å². The molecule has 1 aromatic rings. The summed E-state index contributed by atoms with van der Waals surface area (Å²) in [6.07, 6.45) is 0. The predicted octanol–water partition coefficient (Wildman–Crippen LogP) is 1.21. The van der Waals surface area contributed by atoms with E-state index in [2.05, 4.69) is 5.32 Å². The van der Waals surface area contributed by atoms with E-state index in [0.29, 0.717) is 11.1 Å². The fourth-order valence-electron chi connectivity index (χ4n) is 2.24. The van der Waals surface area contributed by atoms with Gasteiger partial charge in [-0.15, -0.1) is 0 Å². The number of imide groups is 1. The lowest BCUT2D eigenvalue weighted by atomic mass is 10.1. The lowest BCUT2D eigenvalue weighted by Gasteiger charge is -2.25. The molecule has 1 aromatic carbocycles. The number of ether oxygens (including phenoxy) is 1. The number of fused-ring (bicyclic) bond motifs is 1. The molecule has 1 aliphatic rings. The molecule has 1 aliphatic heterocycles. The standard InChI is InChI=1S/C16H20N2O4/c1-16(2,3)22-15(21)12(17-4)9-18-13(19)10-7-5-6-8-11(10)14(18)20/h5-8,12,17H,9H2,1-4H3/t12-/m0/s1. The number of rotatable bonds is 4. The van der Waals surface area contributed by atoms with E-state index in [4.69, 9.17) is 4.74 Å². The van der Waals surface area contributed by atoms with Crippen LogP contribution in [0.2, 0.25) is 0 Å². The van der Waals surface area contributed by atoms with Crippen LogP contribution in [0, 0.1) is 0 Å². The maximum atomic E-state index is 12.3. The van der Waals surface area contributed by atoms with Gasteiger partial charge in [-0.2, -0.15) is 0 Å². The molecular formula is C16H20N2O4. The molecular weight excluding hydrogens is 284 g/mol. The molecule has 0 unspecified atom stereocenters. The first-order chi connectivity index (χ1) is 10.2. The topological polar surface area (TPSA) is 75.7 Å². The summed E-state index contributed by atoms with van der Waals surface area (Å²) in [6.45, 7) is 5.23. The summed E-state index contributed by atoms with van der Waals surface area (Å²) >= 11 is 0. The summed E-state index contributed by atoms with van der Waals surface area (Å²) in [5, 5.41) is 2.80. The molecule has 0 bridgehead atoms. The number of nitrogens with zero attached hydrogens (tertiary/aromatic N) is 1. The molecule has 0 saturated heterocycles. The Balaban J connectivity index is 2.15. The molecule has 0 radical (unpaired) electrons. The second-order valence-electron chi connectivity index (χ2n) is 6.14. The van der Waals surface area contributed by atoms with E-state index in [0.717, 1.165) is 4.90 Å². The van der Waals surface area contributed by atoms with Gasteiger partial charge in [-0.1, -0.05) is 12.1 Å². The van der Waals surface area contributed by atoms with E-state index in [9.17, 15) is 14.4 Å². The summed E-state index contributed by atoms with van der Waals surface area (Å²) in [7, 11) is 1.59. The second kappa shape index (κ2) is 5.88. The molecule has 6 nitrogen and oxygen atoms in total. The third-order valence-electron chi connectivity index (χ3n) is 3.28. The number of hydrogen-bond donors (Lipinski definition) is 1. The number of amides is 2. The SMILES string of the molecule is CN[C@@H](CN1C(=O)c2ccccc2C1=O)C(=O)OC(C)(C)C. The molecule has 0 spiro atoms. The third-order valence-corrected chi connectivity index (χ3v) is 3.28. The highest BCUT2D eigenvalue weighted by Gasteiger charge is 2.38. The highest BCUT2D eigenvalue weighted by atomic mass is 16.6. The summed E-state index contributed by atoms with van der Waals surface area (Å²) in [6, 6.07) is 5.87. The quantitative estimate of drug-likeness (QED) is 0.668. The van der Waals surface area contributed by atoms with Crippen molar-refractivity contribution in [3.8, 4) is 0 Å². The Morgan fingerprint density at radius 2 is 1.68 bits per heavy atom. The highest BCUT2D eigenvalue weighted by molar-refractivity contribution is 6.21. The second-order valence-corrected chi connectivity index (χ2v) is 6.14. The summed E-state index contributed by atoms with van der Waals surface area (Å²) in [5.41, 5.74) is 0.104. The van der Waals surface area contributed by atoms with E-state index in [1.165, 1.54) is 0 Å². The smallest absolute Gasteiger partial charge is 0.325 e. The summed E-state index contributed by atoms with van der Waals surface area (Å²) in [5.74, 6) is -1.26. The van der Waals surface area contributed by atoms with E-state index in [1.807, 2.05) is 0 Å². The number of likely N-dealkylation sites (N-methyl/N-ethyl adjacent to an activating group) is 1. The molecule has 0 fully saturated rings. The molecule has 0 aliphatic carbocycles. The fourth-order valence-corrected chi connectivity index (χ4v) is 2.24. The van der Waals surface area contributed by atoms with Crippen LogP contribution in [-0.4, -0.2) is 47.9 Å². The normalized spacial score (nSPS) is 15.7. The lowest BCUT2D eigenvalue weighted by molar-refractivity contribution is -0.157. The number of carbonyl (C=O) groups is 3. The van der Waals surface area contributed by atoms with Crippen LogP contribution in [0.4, 0.5) is 0 Å². The molecule has 2 rings (SSSR count). The minimum Gasteiger partial charge on any atom is -0.459 e. The van der Waals surface area contributed by atoms with Crippen molar-refractivity contribution in [3.05, 3.63) is 35.4 Å². The largest absolute Gasteiger partial charge is 0.459 e. The molecule has 118 valence electrons. The molecule has 0 aromatic heterocycles. The number of carbonyl (C=O) groups excluding carboxylic acids is 3. The van der Waals surface area contributed by atoms with Gasteiger partial charge in [0.1, 0.15) is 11.6 Å². The summed E-state index contributed by atoms with van der Waals surface area (Å²) in [4.78, 5) is 37.8. The van der Waals surface area contributed by atoms with E-state index >= 15 is 0 Å². The lowest BCUT2D eigenvalue weighted by Crippen LogP contribution is -2.48. The zero-order valence-corrected chi connectivity index (χ0v) is 13.2. The Labute approximate surface area is 129 Å². The maximum absolute atomic E-state index is 12.3.